The molecule has 0 fully saturated rings. The minimum atomic E-state index is -0.139. The number of fused-ring (bicyclic) bond motifs is 1. The third kappa shape index (κ3) is 2.88. The Bertz CT molecular complexity index is 876. The molecule has 3 heterocycles. The summed E-state index contributed by atoms with van der Waals surface area (Å²) in [6, 6.07) is 7.00. The van der Waals surface area contributed by atoms with Crippen molar-refractivity contribution in [3.8, 4) is 10.6 Å². The summed E-state index contributed by atoms with van der Waals surface area (Å²) in [5.74, 6) is 0. The Labute approximate surface area is 147 Å². The van der Waals surface area contributed by atoms with Crippen LogP contribution in [-0.2, 0) is 13.0 Å². The number of thiazole rings is 1. The van der Waals surface area contributed by atoms with E-state index in [2.05, 4.69) is 20.5 Å². The fourth-order valence-corrected chi connectivity index (χ4v) is 3.60. The van der Waals surface area contributed by atoms with E-state index < -0.39 is 0 Å². The smallest absolute Gasteiger partial charge is 0.320 e. The fourth-order valence-electron chi connectivity index (χ4n) is 2.77. The van der Waals surface area contributed by atoms with Gasteiger partial charge in [-0.25, -0.2) is 4.79 Å². The van der Waals surface area contributed by atoms with Crippen LogP contribution in [0.4, 0.5) is 10.5 Å². The van der Waals surface area contributed by atoms with E-state index in [4.69, 9.17) is 11.6 Å². The predicted molar refractivity (Wildman–Crippen MR) is 94.3 cm³/mol. The Balaban J connectivity index is 1.53. The van der Waals surface area contributed by atoms with Crippen LogP contribution in [0.2, 0.25) is 5.02 Å². The third-order valence-electron chi connectivity index (χ3n) is 3.96. The topological polar surface area (TPSA) is 73.9 Å². The van der Waals surface area contributed by atoms with E-state index in [9.17, 15) is 4.79 Å². The Kier molecular flexibility index (Phi) is 3.95. The first-order valence-electron chi connectivity index (χ1n) is 7.47. The number of halogens is 1. The average Bonchev–Trinajstić information content (AvgIpc) is 3.23. The molecule has 2 aromatic heterocycles. The lowest BCUT2D eigenvalue weighted by Gasteiger charge is -2.27. The number of carbonyl (C=O) groups is 1. The van der Waals surface area contributed by atoms with E-state index in [1.807, 2.05) is 12.1 Å². The van der Waals surface area contributed by atoms with Gasteiger partial charge in [0.1, 0.15) is 5.69 Å². The van der Waals surface area contributed by atoms with Crippen molar-refractivity contribution in [2.24, 2.45) is 0 Å². The summed E-state index contributed by atoms with van der Waals surface area (Å²) in [6.45, 7) is 1.16. The lowest BCUT2D eigenvalue weighted by molar-refractivity contribution is 0.206. The predicted octanol–water partition coefficient (Wildman–Crippen LogP) is 3.78. The highest BCUT2D eigenvalue weighted by molar-refractivity contribution is 7.13. The maximum absolute atomic E-state index is 12.5. The number of carbonyl (C=O) groups excluding carboxylic acids is 1. The van der Waals surface area contributed by atoms with Crippen LogP contribution >= 0.6 is 22.9 Å². The second-order valence-electron chi connectivity index (χ2n) is 5.51. The second-order valence-corrected chi connectivity index (χ2v) is 6.83. The van der Waals surface area contributed by atoms with Gasteiger partial charge in [0.25, 0.3) is 0 Å². The Morgan fingerprint density at radius 2 is 2.33 bits per heavy atom. The maximum Gasteiger partial charge on any atom is 0.322 e. The minimum absolute atomic E-state index is 0.139. The quantitative estimate of drug-likeness (QED) is 0.731. The molecule has 0 radical (unpaired) electrons. The maximum atomic E-state index is 12.5. The molecule has 0 spiro atoms. The van der Waals surface area contributed by atoms with Gasteiger partial charge < -0.3 is 10.2 Å². The molecule has 0 bridgehead atoms. The molecule has 24 heavy (non-hydrogen) atoms. The molecule has 6 nitrogen and oxygen atoms in total. The fraction of sp³-hybridized carbons (Fsp3) is 0.188. The summed E-state index contributed by atoms with van der Waals surface area (Å²) in [4.78, 5) is 19.4. The van der Waals surface area contributed by atoms with E-state index >= 15 is 0 Å². The summed E-state index contributed by atoms with van der Waals surface area (Å²) in [5, 5.41) is 11.0. The van der Waals surface area contributed by atoms with E-state index in [1.54, 1.807) is 28.7 Å². The van der Waals surface area contributed by atoms with Crippen LogP contribution in [0.1, 0.15) is 11.3 Å². The minimum Gasteiger partial charge on any atom is -0.320 e. The zero-order valence-electron chi connectivity index (χ0n) is 12.6. The average molecular weight is 360 g/mol. The molecule has 122 valence electrons. The summed E-state index contributed by atoms with van der Waals surface area (Å²) in [6.07, 6.45) is 2.55. The molecule has 0 unspecified atom stereocenters. The van der Waals surface area contributed by atoms with Crippen LogP contribution in [0, 0.1) is 0 Å². The van der Waals surface area contributed by atoms with Crippen LogP contribution in [0.15, 0.2) is 36.0 Å². The van der Waals surface area contributed by atoms with Crippen LogP contribution in [0.5, 0.6) is 0 Å². The summed E-state index contributed by atoms with van der Waals surface area (Å²) >= 11 is 7.50. The molecule has 4 rings (SSSR count). The molecular weight excluding hydrogens is 346 g/mol. The number of nitrogens with zero attached hydrogens (tertiary/aromatic N) is 3. The van der Waals surface area contributed by atoms with Gasteiger partial charge in [0, 0.05) is 41.1 Å². The van der Waals surface area contributed by atoms with Gasteiger partial charge in [-0.15, -0.1) is 11.3 Å². The van der Waals surface area contributed by atoms with Gasteiger partial charge in [-0.2, -0.15) is 5.10 Å². The Morgan fingerprint density at radius 3 is 3.12 bits per heavy atom. The normalized spacial score (nSPS) is 13.6. The third-order valence-corrected chi connectivity index (χ3v) is 4.98. The molecule has 0 saturated carbocycles. The number of hydrogen-bond donors (Lipinski definition) is 2. The number of urea groups is 1. The van der Waals surface area contributed by atoms with Crippen molar-refractivity contribution >= 4 is 34.7 Å². The standard InChI is InChI=1S/C16H14ClN5OS/c17-10-2-1-3-11(6-10)19-16(23)22-5-4-13-12(8-22)15(21-20-13)14-7-18-9-24-14/h1-3,6-7,9H,4-5,8H2,(H,19,23)(H,20,21). The lowest BCUT2D eigenvalue weighted by Crippen LogP contribution is -2.38. The van der Waals surface area contributed by atoms with E-state index in [0.717, 1.165) is 28.2 Å². The first-order chi connectivity index (χ1) is 11.7. The van der Waals surface area contributed by atoms with Crippen LogP contribution in [0.25, 0.3) is 10.6 Å². The number of aromatic amines is 1. The van der Waals surface area contributed by atoms with Crippen molar-refractivity contribution in [2.75, 3.05) is 11.9 Å². The van der Waals surface area contributed by atoms with Gasteiger partial charge >= 0.3 is 6.03 Å². The molecule has 1 aliphatic heterocycles. The van der Waals surface area contributed by atoms with Crippen LogP contribution in [-0.4, -0.2) is 32.7 Å². The molecule has 0 saturated heterocycles. The monoisotopic (exact) mass is 359 g/mol. The highest BCUT2D eigenvalue weighted by Crippen LogP contribution is 2.30. The number of amides is 2. The van der Waals surface area contributed by atoms with Gasteiger partial charge in [-0.3, -0.25) is 10.1 Å². The molecule has 8 heteroatoms. The van der Waals surface area contributed by atoms with Crippen molar-refractivity contribution in [2.45, 2.75) is 13.0 Å². The lowest BCUT2D eigenvalue weighted by atomic mass is 10.1. The molecule has 1 aliphatic rings. The molecular formula is C16H14ClN5OS. The van der Waals surface area contributed by atoms with Crippen molar-refractivity contribution in [3.05, 3.63) is 52.3 Å². The molecule has 0 atom stereocenters. The molecule has 2 amide bonds. The van der Waals surface area contributed by atoms with Crippen molar-refractivity contribution in [1.29, 1.82) is 0 Å². The van der Waals surface area contributed by atoms with Crippen LogP contribution in [0.3, 0.4) is 0 Å². The molecule has 0 aliphatic carbocycles. The SMILES string of the molecule is O=C(Nc1cccc(Cl)c1)N1CCc2[nH]nc(-c3cncs3)c2C1. The number of anilines is 1. The number of H-pyrrole nitrogens is 1. The number of aromatic nitrogens is 3. The van der Waals surface area contributed by atoms with Gasteiger partial charge in [0.2, 0.25) is 0 Å². The van der Waals surface area contributed by atoms with Crippen molar-refractivity contribution in [3.63, 3.8) is 0 Å². The van der Waals surface area contributed by atoms with Crippen LogP contribution < -0.4 is 5.32 Å². The number of benzene rings is 1. The van der Waals surface area contributed by atoms with Crippen molar-refractivity contribution < 1.29 is 4.79 Å². The molecule has 1 aromatic carbocycles. The molecule has 2 N–H and O–H groups in total. The van der Waals surface area contributed by atoms with Gasteiger partial charge in [0.15, 0.2) is 0 Å². The number of hydrogen-bond acceptors (Lipinski definition) is 4. The highest BCUT2D eigenvalue weighted by atomic mass is 35.5. The number of nitrogens with one attached hydrogen (secondary N) is 2. The first-order valence-corrected chi connectivity index (χ1v) is 8.73. The van der Waals surface area contributed by atoms with Gasteiger partial charge in [-0.05, 0) is 18.2 Å². The molecule has 3 aromatic rings. The summed E-state index contributed by atoms with van der Waals surface area (Å²) in [7, 11) is 0. The number of rotatable bonds is 2. The van der Waals surface area contributed by atoms with E-state index in [0.29, 0.717) is 23.8 Å². The van der Waals surface area contributed by atoms with E-state index in [-0.39, 0.29) is 6.03 Å². The zero-order chi connectivity index (χ0) is 16.5. The highest BCUT2D eigenvalue weighted by Gasteiger charge is 2.26. The van der Waals surface area contributed by atoms with Gasteiger partial charge in [0.05, 0.1) is 16.9 Å². The van der Waals surface area contributed by atoms with Gasteiger partial charge in [-0.1, -0.05) is 17.7 Å². The summed E-state index contributed by atoms with van der Waals surface area (Å²) < 4.78 is 0. The first kappa shape index (κ1) is 15.2. The Morgan fingerprint density at radius 1 is 1.42 bits per heavy atom. The van der Waals surface area contributed by atoms with E-state index in [1.165, 1.54) is 11.3 Å². The Hall–Kier alpha value is -2.38. The van der Waals surface area contributed by atoms with Crippen molar-refractivity contribution in [1.82, 2.24) is 20.1 Å². The summed E-state index contributed by atoms with van der Waals surface area (Å²) in [5.41, 5.74) is 5.50. The largest absolute Gasteiger partial charge is 0.322 e. The zero-order valence-corrected chi connectivity index (χ0v) is 14.2. The second kappa shape index (κ2) is 6.26.